The summed E-state index contributed by atoms with van der Waals surface area (Å²) < 4.78 is 8.07. The van der Waals surface area contributed by atoms with Crippen LogP contribution in [0.3, 0.4) is 0 Å². The zero-order chi connectivity index (χ0) is 26.9. The lowest BCUT2D eigenvalue weighted by Gasteiger charge is -2.35. The topological polar surface area (TPSA) is 122 Å². The average molecular weight is 536 g/mol. The number of benzene rings is 1. The number of amides is 1. The smallest absolute Gasteiger partial charge is 0.254 e. The molecule has 1 fully saturated rings. The molecule has 0 bridgehead atoms. The molecule has 10 heteroatoms. The van der Waals surface area contributed by atoms with Crippen molar-refractivity contribution < 1.29 is 19.7 Å². The molecule has 1 amide bonds. The third kappa shape index (κ3) is 4.97. The van der Waals surface area contributed by atoms with Crippen LogP contribution >= 0.6 is 11.6 Å². The van der Waals surface area contributed by atoms with E-state index in [1.54, 1.807) is 12.4 Å². The number of aliphatic hydroxyl groups excluding tert-OH is 1. The number of nitrogens with one attached hydrogen (secondary N) is 1. The van der Waals surface area contributed by atoms with Crippen LogP contribution in [0.15, 0.2) is 48.9 Å². The van der Waals surface area contributed by atoms with Gasteiger partial charge in [-0.1, -0.05) is 30.2 Å². The van der Waals surface area contributed by atoms with Crippen LogP contribution in [0.5, 0.6) is 5.75 Å². The summed E-state index contributed by atoms with van der Waals surface area (Å²) in [6.07, 6.45) is 5.88. The number of hydrogen-bond acceptors (Lipinski definition) is 7. The first-order valence-corrected chi connectivity index (χ1v) is 13.0. The summed E-state index contributed by atoms with van der Waals surface area (Å²) >= 11 is 6.49. The quantitative estimate of drug-likeness (QED) is 0.328. The third-order valence-corrected chi connectivity index (χ3v) is 7.49. The lowest BCUT2D eigenvalue weighted by atomic mass is 9.81. The number of para-hydroxylation sites is 1. The minimum atomic E-state index is -1.79. The fraction of sp³-hybridized carbons (Fsp3) is 0.357. The fourth-order valence-electron chi connectivity index (χ4n) is 5.01. The van der Waals surface area contributed by atoms with Crippen molar-refractivity contribution in [3.05, 3.63) is 70.8 Å². The zero-order valence-electron chi connectivity index (χ0n) is 21.3. The van der Waals surface area contributed by atoms with E-state index in [0.717, 1.165) is 34.3 Å². The Balaban J connectivity index is 1.39. The fourth-order valence-corrected chi connectivity index (χ4v) is 5.25. The molecule has 9 nitrogen and oxygen atoms in total. The van der Waals surface area contributed by atoms with Crippen LogP contribution in [0.1, 0.15) is 42.5 Å². The molecule has 0 spiro atoms. The maximum atomic E-state index is 12.8. The van der Waals surface area contributed by atoms with Gasteiger partial charge in [0, 0.05) is 54.4 Å². The van der Waals surface area contributed by atoms with Crippen molar-refractivity contribution in [1.29, 1.82) is 0 Å². The standard InChI is InChI=1S/C28H30ClN5O4/c1-17-12-20(23-9-11-32-34(23)2)19-6-5-7-24(26(19)33-17)38-16-21-18(13-30-15-22(21)29)14-31-27(36)28(37)10-4-3-8-25(28)35/h5-7,9,11-13,15,25,35,37H,3-4,8,10,14,16H2,1-2H3,(H,31,36). The Morgan fingerprint density at radius 1 is 1.29 bits per heavy atom. The van der Waals surface area contributed by atoms with Crippen LogP contribution in [0, 0.1) is 6.92 Å². The van der Waals surface area contributed by atoms with E-state index < -0.39 is 17.6 Å². The molecular weight excluding hydrogens is 506 g/mol. The van der Waals surface area contributed by atoms with Gasteiger partial charge in [-0.2, -0.15) is 5.10 Å². The summed E-state index contributed by atoms with van der Waals surface area (Å²) in [6, 6.07) is 9.77. The number of carbonyl (C=O) groups is 1. The molecule has 1 aliphatic rings. The van der Waals surface area contributed by atoms with E-state index in [0.29, 0.717) is 34.7 Å². The largest absolute Gasteiger partial charge is 0.487 e. The van der Waals surface area contributed by atoms with Gasteiger partial charge < -0.3 is 20.3 Å². The first-order chi connectivity index (χ1) is 18.3. The second-order valence-electron chi connectivity index (χ2n) is 9.72. The van der Waals surface area contributed by atoms with Crippen LogP contribution in [0.4, 0.5) is 0 Å². The number of aromatic nitrogens is 4. The molecule has 1 aromatic carbocycles. The Bertz CT molecular complexity index is 1490. The molecule has 198 valence electrons. The van der Waals surface area contributed by atoms with E-state index in [9.17, 15) is 15.0 Å². The molecule has 0 radical (unpaired) electrons. The Morgan fingerprint density at radius 2 is 2.13 bits per heavy atom. The molecule has 0 saturated heterocycles. The summed E-state index contributed by atoms with van der Waals surface area (Å²) in [5.74, 6) is -0.00918. The first kappa shape index (κ1) is 26.1. The number of aliphatic hydroxyl groups is 2. The van der Waals surface area contributed by atoms with Gasteiger partial charge in [0.2, 0.25) is 0 Å². The number of ether oxygens (including phenoxy) is 1. The number of fused-ring (bicyclic) bond motifs is 1. The second-order valence-corrected chi connectivity index (χ2v) is 10.1. The van der Waals surface area contributed by atoms with Crippen molar-refractivity contribution in [2.75, 3.05) is 0 Å². The van der Waals surface area contributed by atoms with Crippen LogP contribution in [-0.4, -0.2) is 47.6 Å². The maximum Gasteiger partial charge on any atom is 0.254 e. The minimum Gasteiger partial charge on any atom is -0.487 e. The van der Waals surface area contributed by atoms with Crippen molar-refractivity contribution in [1.82, 2.24) is 25.1 Å². The number of pyridine rings is 2. The van der Waals surface area contributed by atoms with Crippen molar-refractivity contribution in [3.63, 3.8) is 0 Å². The molecule has 5 rings (SSSR count). The molecule has 2 unspecified atom stereocenters. The number of carbonyl (C=O) groups excluding carboxylic acids is 1. The zero-order valence-corrected chi connectivity index (χ0v) is 22.1. The van der Waals surface area contributed by atoms with Gasteiger partial charge >= 0.3 is 0 Å². The summed E-state index contributed by atoms with van der Waals surface area (Å²) in [5, 5.41) is 29.4. The first-order valence-electron chi connectivity index (χ1n) is 12.6. The van der Waals surface area contributed by atoms with Gasteiger partial charge in [-0.15, -0.1) is 0 Å². The SMILES string of the molecule is Cc1cc(-c2ccnn2C)c2cccc(OCc3c(Cl)cncc3CNC(=O)C3(O)CCCCC3O)c2n1. The van der Waals surface area contributed by atoms with Gasteiger partial charge in [0.1, 0.15) is 17.9 Å². The molecule has 2 atom stereocenters. The highest BCUT2D eigenvalue weighted by atomic mass is 35.5. The molecule has 3 heterocycles. The highest BCUT2D eigenvalue weighted by Crippen LogP contribution is 2.34. The van der Waals surface area contributed by atoms with E-state index in [1.807, 2.05) is 49.0 Å². The molecule has 1 aliphatic carbocycles. The predicted octanol–water partition coefficient (Wildman–Crippen LogP) is 3.85. The van der Waals surface area contributed by atoms with Crippen LogP contribution < -0.4 is 10.1 Å². The normalized spacial score (nSPS) is 19.4. The predicted molar refractivity (Wildman–Crippen MR) is 144 cm³/mol. The Hall–Kier alpha value is -3.53. The Labute approximate surface area is 225 Å². The summed E-state index contributed by atoms with van der Waals surface area (Å²) in [7, 11) is 1.90. The van der Waals surface area contributed by atoms with Gasteiger partial charge in [-0.25, -0.2) is 4.98 Å². The summed E-state index contributed by atoms with van der Waals surface area (Å²) in [5.41, 5.74) is 3.06. The lowest BCUT2D eigenvalue weighted by Crippen LogP contribution is -2.56. The van der Waals surface area contributed by atoms with Crippen LogP contribution in [0.2, 0.25) is 5.02 Å². The van der Waals surface area contributed by atoms with Crippen molar-refractivity contribution in [2.24, 2.45) is 7.05 Å². The van der Waals surface area contributed by atoms with E-state index in [2.05, 4.69) is 15.4 Å². The number of halogens is 1. The molecule has 3 aromatic heterocycles. The molecule has 4 aromatic rings. The van der Waals surface area contributed by atoms with E-state index >= 15 is 0 Å². The second kappa shape index (κ2) is 10.7. The number of nitrogens with zero attached hydrogens (tertiary/aromatic N) is 4. The summed E-state index contributed by atoms with van der Waals surface area (Å²) in [4.78, 5) is 21.7. The number of hydrogen-bond donors (Lipinski definition) is 3. The van der Waals surface area contributed by atoms with E-state index in [4.69, 9.17) is 21.3 Å². The monoisotopic (exact) mass is 535 g/mol. The maximum absolute atomic E-state index is 12.8. The molecule has 38 heavy (non-hydrogen) atoms. The van der Waals surface area contributed by atoms with Crippen LogP contribution in [0.25, 0.3) is 22.2 Å². The Kier molecular flexibility index (Phi) is 7.34. The number of aryl methyl sites for hydroxylation is 2. The van der Waals surface area contributed by atoms with Gasteiger partial charge in [0.25, 0.3) is 5.91 Å². The van der Waals surface area contributed by atoms with Gasteiger partial charge in [0.05, 0.1) is 16.8 Å². The average Bonchev–Trinajstić information content (AvgIpc) is 3.33. The molecule has 3 N–H and O–H groups in total. The van der Waals surface area contributed by atoms with Crippen molar-refractivity contribution >= 4 is 28.4 Å². The molecule has 0 aliphatic heterocycles. The van der Waals surface area contributed by atoms with Crippen molar-refractivity contribution in [3.8, 4) is 17.0 Å². The van der Waals surface area contributed by atoms with Gasteiger partial charge in [0.15, 0.2) is 5.60 Å². The van der Waals surface area contributed by atoms with Crippen LogP contribution in [-0.2, 0) is 25.0 Å². The van der Waals surface area contributed by atoms with Crippen molar-refractivity contribution in [2.45, 2.75) is 57.5 Å². The highest BCUT2D eigenvalue weighted by molar-refractivity contribution is 6.31. The third-order valence-electron chi connectivity index (χ3n) is 7.16. The lowest BCUT2D eigenvalue weighted by molar-refractivity contribution is -0.159. The highest BCUT2D eigenvalue weighted by Gasteiger charge is 2.44. The minimum absolute atomic E-state index is 0.0810. The molecular formula is C28H30ClN5O4. The number of rotatable bonds is 7. The molecule has 1 saturated carbocycles. The van der Waals surface area contributed by atoms with Gasteiger partial charge in [-0.3, -0.25) is 14.5 Å². The van der Waals surface area contributed by atoms with Gasteiger partial charge in [-0.05, 0) is 49.9 Å². The summed E-state index contributed by atoms with van der Waals surface area (Å²) in [6.45, 7) is 2.14. The van der Waals surface area contributed by atoms with E-state index in [-0.39, 0.29) is 19.6 Å². The van der Waals surface area contributed by atoms with E-state index in [1.165, 1.54) is 6.20 Å². The Morgan fingerprint density at radius 3 is 2.89 bits per heavy atom.